The molecule has 0 N–H and O–H groups in total. The number of nitrogens with zero attached hydrogens (tertiary/aromatic N) is 4. The Morgan fingerprint density at radius 2 is 1.00 bits per heavy atom. The fourth-order valence-electron chi connectivity index (χ4n) is 3.41. The van der Waals surface area contributed by atoms with Crippen molar-refractivity contribution in [2.45, 2.75) is 39.8 Å². The van der Waals surface area contributed by atoms with Crippen LogP contribution in [0.15, 0.2) is 48.5 Å². The largest absolute Gasteiger partial charge is 0.337 e. The van der Waals surface area contributed by atoms with Crippen LogP contribution in [0.3, 0.4) is 0 Å². The highest BCUT2D eigenvalue weighted by molar-refractivity contribution is 5.82. The van der Waals surface area contributed by atoms with E-state index in [0.717, 1.165) is 0 Å². The van der Waals surface area contributed by atoms with Crippen molar-refractivity contribution in [2.75, 3.05) is 26.3 Å². The minimum atomic E-state index is 0.372. The van der Waals surface area contributed by atoms with Crippen LogP contribution in [0.4, 0.5) is 22.7 Å². The monoisotopic (exact) mass is 332 g/mol. The van der Waals surface area contributed by atoms with Crippen molar-refractivity contribution in [1.82, 2.24) is 0 Å². The first-order chi connectivity index (χ1) is 12.1. The van der Waals surface area contributed by atoms with Crippen LogP contribution >= 0.6 is 0 Å². The SMILES string of the molecule is CC(C)N1[C]N(CN2[C]N(C(C)C)c3ccccc32)c2ccccc21. The van der Waals surface area contributed by atoms with Crippen molar-refractivity contribution in [3.8, 4) is 0 Å². The number of anilines is 4. The van der Waals surface area contributed by atoms with E-state index in [4.69, 9.17) is 0 Å². The second-order valence-corrected chi connectivity index (χ2v) is 7.10. The van der Waals surface area contributed by atoms with Gasteiger partial charge < -0.3 is 19.6 Å². The Morgan fingerprint density at radius 3 is 1.36 bits per heavy atom. The molecule has 0 amide bonds. The third-order valence-corrected chi connectivity index (χ3v) is 4.64. The van der Waals surface area contributed by atoms with E-state index < -0.39 is 0 Å². The van der Waals surface area contributed by atoms with E-state index in [2.05, 4.69) is 109 Å². The van der Waals surface area contributed by atoms with Crippen LogP contribution in [-0.2, 0) is 0 Å². The van der Waals surface area contributed by atoms with E-state index in [1.807, 2.05) is 0 Å². The summed E-state index contributed by atoms with van der Waals surface area (Å²) in [5.41, 5.74) is 4.81. The number of hydrogen-bond donors (Lipinski definition) is 0. The Bertz CT molecular complexity index is 692. The Morgan fingerprint density at radius 1 is 0.640 bits per heavy atom. The molecule has 2 aromatic carbocycles. The molecule has 2 aliphatic heterocycles. The first-order valence-corrected chi connectivity index (χ1v) is 8.90. The second-order valence-electron chi connectivity index (χ2n) is 7.10. The van der Waals surface area contributed by atoms with Crippen molar-refractivity contribution in [3.63, 3.8) is 0 Å². The maximum atomic E-state index is 3.52. The molecular formula is C21H24N4. The van der Waals surface area contributed by atoms with Gasteiger partial charge in [0.25, 0.3) is 0 Å². The van der Waals surface area contributed by atoms with Crippen LogP contribution < -0.4 is 19.6 Å². The van der Waals surface area contributed by atoms with Gasteiger partial charge in [0.15, 0.2) is 0 Å². The molecule has 0 spiro atoms. The summed E-state index contributed by atoms with van der Waals surface area (Å²) in [7, 11) is 0. The quantitative estimate of drug-likeness (QED) is 0.822. The molecular weight excluding hydrogens is 308 g/mol. The van der Waals surface area contributed by atoms with Crippen molar-refractivity contribution >= 4 is 22.7 Å². The van der Waals surface area contributed by atoms with Crippen molar-refractivity contribution in [2.24, 2.45) is 0 Å². The lowest BCUT2D eigenvalue weighted by Crippen LogP contribution is -2.39. The van der Waals surface area contributed by atoms with E-state index in [9.17, 15) is 0 Å². The van der Waals surface area contributed by atoms with Crippen LogP contribution in [0.2, 0.25) is 0 Å². The summed E-state index contributed by atoms with van der Waals surface area (Å²) >= 11 is 0. The summed E-state index contributed by atoms with van der Waals surface area (Å²) < 4.78 is 0. The minimum absolute atomic E-state index is 0.372. The van der Waals surface area contributed by atoms with Gasteiger partial charge in [-0.3, -0.25) is 0 Å². The predicted molar refractivity (Wildman–Crippen MR) is 104 cm³/mol. The molecule has 2 aromatic rings. The fourth-order valence-corrected chi connectivity index (χ4v) is 3.41. The summed E-state index contributed by atoms with van der Waals surface area (Å²) in [6.07, 6.45) is 0. The standard InChI is InChI=1S/C21H24N4/c1-16(2)24-14-22(18-9-5-7-11-20(18)24)13-23-15-25(17(3)4)21-12-8-6-10-19(21)23/h5-12,16-17H,13H2,1-4H3. The third-order valence-electron chi connectivity index (χ3n) is 4.64. The van der Waals surface area contributed by atoms with Gasteiger partial charge in [-0.2, -0.15) is 0 Å². The molecule has 4 rings (SSSR count). The summed E-state index contributed by atoms with van der Waals surface area (Å²) in [5, 5.41) is 0. The first kappa shape index (κ1) is 16.1. The van der Waals surface area contributed by atoms with Crippen molar-refractivity contribution in [1.29, 1.82) is 0 Å². The van der Waals surface area contributed by atoms with Gasteiger partial charge in [-0.15, -0.1) is 0 Å². The molecule has 25 heavy (non-hydrogen) atoms. The molecule has 0 fully saturated rings. The Kier molecular flexibility index (Phi) is 3.98. The highest BCUT2D eigenvalue weighted by atomic mass is 15.5. The Balaban J connectivity index is 1.61. The molecule has 4 heteroatoms. The first-order valence-electron chi connectivity index (χ1n) is 8.90. The zero-order valence-electron chi connectivity index (χ0n) is 15.3. The van der Waals surface area contributed by atoms with Gasteiger partial charge in [-0.1, -0.05) is 24.3 Å². The van der Waals surface area contributed by atoms with Crippen molar-refractivity contribution < 1.29 is 0 Å². The third kappa shape index (κ3) is 2.70. The van der Waals surface area contributed by atoms with Gasteiger partial charge in [0, 0.05) is 12.1 Å². The average Bonchev–Trinajstić information content (AvgIpc) is 3.15. The Labute approximate surface area is 151 Å². The Hall–Kier alpha value is -2.36. The number of hydrogen-bond acceptors (Lipinski definition) is 4. The molecule has 2 heterocycles. The normalized spacial score (nSPS) is 16.2. The molecule has 0 bridgehead atoms. The summed E-state index contributed by atoms with van der Waals surface area (Å²) in [5.74, 6) is 0. The van der Waals surface area contributed by atoms with Crippen LogP contribution in [0, 0.1) is 13.3 Å². The van der Waals surface area contributed by atoms with E-state index in [0.29, 0.717) is 18.8 Å². The van der Waals surface area contributed by atoms with E-state index >= 15 is 0 Å². The number of benzene rings is 2. The van der Waals surface area contributed by atoms with Crippen molar-refractivity contribution in [3.05, 3.63) is 61.9 Å². The topological polar surface area (TPSA) is 13.0 Å². The average molecular weight is 332 g/mol. The summed E-state index contributed by atoms with van der Waals surface area (Å²) in [6.45, 7) is 16.5. The zero-order chi connectivity index (χ0) is 17.6. The molecule has 2 aliphatic rings. The molecule has 0 saturated heterocycles. The van der Waals surface area contributed by atoms with Gasteiger partial charge in [0.05, 0.1) is 29.4 Å². The minimum Gasteiger partial charge on any atom is -0.337 e. The lowest BCUT2D eigenvalue weighted by Gasteiger charge is -2.27. The maximum absolute atomic E-state index is 3.52. The van der Waals surface area contributed by atoms with Crippen LogP contribution in [0.1, 0.15) is 27.7 Å². The van der Waals surface area contributed by atoms with Gasteiger partial charge in [0.1, 0.15) is 0 Å². The zero-order valence-corrected chi connectivity index (χ0v) is 15.3. The van der Waals surface area contributed by atoms with E-state index in [-0.39, 0.29) is 0 Å². The number of para-hydroxylation sites is 4. The smallest absolute Gasteiger partial charge is 0.210 e. The molecule has 4 nitrogen and oxygen atoms in total. The molecule has 0 aromatic heterocycles. The number of rotatable bonds is 4. The van der Waals surface area contributed by atoms with Gasteiger partial charge in [-0.05, 0) is 52.0 Å². The molecule has 128 valence electrons. The molecule has 0 unspecified atom stereocenters. The molecule has 0 aliphatic carbocycles. The van der Waals surface area contributed by atoms with Gasteiger partial charge in [-0.25, -0.2) is 0 Å². The van der Waals surface area contributed by atoms with Crippen LogP contribution in [0.5, 0.6) is 0 Å². The van der Waals surface area contributed by atoms with E-state index in [1.165, 1.54) is 22.7 Å². The van der Waals surface area contributed by atoms with Gasteiger partial charge >= 0.3 is 0 Å². The maximum Gasteiger partial charge on any atom is 0.210 e. The van der Waals surface area contributed by atoms with Crippen LogP contribution in [0.25, 0.3) is 0 Å². The van der Waals surface area contributed by atoms with E-state index in [1.54, 1.807) is 0 Å². The molecule has 4 radical (unpaired) electrons. The second kappa shape index (κ2) is 6.17. The summed E-state index contributed by atoms with van der Waals surface area (Å²) in [4.78, 5) is 8.78. The molecule has 0 atom stereocenters. The highest BCUT2D eigenvalue weighted by Gasteiger charge is 2.34. The lowest BCUT2D eigenvalue weighted by molar-refractivity contribution is 0.717. The predicted octanol–water partition coefficient (Wildman–Crippen LogP) is 4.41. The number of fused-ring (bicyclic) bond motifs is 2. The molecule has 0 saturated carbocycles. The summed E-state index contributed by atoms with van der Waals surface area (Å²) in [6, 6.07) is 17.7. The highest BCUT2D eigenvalue weighted by Crippen LogP contribution is 2.43. The fraction of sp³-hybridized carbons (Fsp3) is 0.333. The van der Waals surface area contributed by atoms with Crippen LogP contribution in [-0.4, -0.2) is 18.8 Å². The lowest BCUT2D eigenvalue weighted by atomic mass is 10.2. The van der Waals surface area contributed by atoms with Gasteiger partial charge in [0.2, 0.25) is 13.3 Å².